The standard InChI is InChI=1S/C8H18N2/c1-7(5-6-10-4)8(2,3)9/h5-7,10H,9H2,1-4H3/b6-5+. The fourth-order valence-corrected chi connectivity index (χ4v) is 0.489. The van der Waals surface area contributed by atoms with Gasteiger partial charge in [-0.1, -0.05) is 13.0 Å². The summed E-state index contributed by atoms with van der Waals surface area (Å²) in [5, 5.41) is 2.93. The van der Waals surface area contributed by atoms with Crippen molar-refractivity contribution >= 4 is 0 Å². The summed E-state index contributed by atoms with van der Waals surface area (Å²) in [6.45, 7) is 6.16. The molecule has 0 aliphatic heterocycles. The largest absolute Gasteiger partial charge is 0.394 e. The molecule has 0 aromatic carbocycles. The molecule has 2 nitrogen and oxygen atoms in total. The molecule has 3 N–H and O–H groups in total. The Morgan fingerprint density at radius 3 is 2.30 bits per heavy atom. The molecular formula is C8H18N2. The van der Waals surface area contributed by atoms with E-state index in [1.165, 1.54) is 0 Å². The Hall–Kier alpha value is -0.500. The summed E-state index contributed by atoms with van der Waals surface area (Å²) in [5.41, 5.74) is 5.72. The summed E-state index contributed by atoms with van der Waals surface area (Å²) < 4.78 is 0. The third-order valence-corrected chi connectivity index (χ3v) is 1.73. The molecule has 1 atom stereocenters. The maximum atomic E-state index is 5.84. The molecule has 0 aromatic rings. The molecule has 0 bridgehead atoms. The molecule has 0 aliphatic carbocycles. The molecule has 0 fully saturated rings. The van der Waals surface area contributed by atoms with Gasteiger partial charge >= 0.3 is 0 Å². The van der Waals surface area contributed by atoms with Crippen LogP contribution in [0.5, 0.6) is 0 Å². The van der Waals surface area contributed by atoms with Gasteiger partial charge in [-0.15, -0.1) is 0 Å². The fraction of sp³-hybridized carbons (Fsp3) is 0.750. The van der Waals surface area contributed by atoms with Gasteiger partial charge in [0, 0.05) is 12.6 Å². The minimum atomic E-state index is -0.118. The van der Waals surface area contributed by atoms with E-state index >= 15 is 0 Å². The molecule has 0 spiro atoms. The number of nitrogens with two attached hydrogens (primary N) is 1. The van der Waals surface area contributed by atoms with Crippen LogP contribution in [-0.2, 0) is 0 Å². The lowest BCUT2D eigenvalue weighted by molar-refractivity contribution is 0.408. The monoisotopic (exact) mass is 142 g/mol. The normalized spacial score (nSPS) is 15.7. The zero-order chi connectivity index (χ0) is 8.20. The molecule has 0 saturated carbocycles. The van der Waals surface area contributed by atoms with Gasteiger partial charge in [-0.3, -0.25) is 0 Å². The van der Waals surface area contributed by atoms with Gasteiger partial charge in [-0.05, 0) is 26.0 Å². The van der Waals surface area contributed by atoms with Crippen LogP contribution < -0.4 is 11.1 Å². The molecule has 0 amide bonds. The van der Waals surface area contributed by atoms with Crippen LogP contribution in [0.1, 0.15) is 20.8 Å². The average Bonchev–Trinajstić information content (AvgIpc) is 1.80. The molecule has 0 heterocycles. The molecule has 0 aromatic heterocycles. The second-order valence-corrected chi connectivity index (χ2v) is 3.26. The predicted molar refractivity (Wildman–Crippen MR) is 45.6 cm³/mol. The summed E-state index contributed by atoms with van der Waals surface area (Å²) in [6.07, 6.45) is 3.99. The van der Waals surface area contributed by atoms with Crippen molar-refractivity contribution in [3.63, 3.8) is 0 Å². The van der Waals surface area contributed by atoms with Crippen molar-refractivity contribution in [3.8, 4) is 0 Å². The summed E-state index contributed by atoms with van der Waals surface area (Å²) in [6, 6.07) is 0. The Morgan fingerprint density at radius 1 is 1.50 bits per heavy atom. The first-order chi connectivity index (χ1) is 4.48. The third kappa shape index (κ3) is 3.51. The van der Waals surface area contributed by atoms with E-state index in [1.54, 1.807) is 0 Å². The van der Waals surface area contributed by atoms with Crippen LogP contribution >= 0.6 is 0 Å². The second kappa shape index (κ2) is 3.62. The van der Waals surface area contributed by atoms with Crippen LogP contribution in [-0.4, -0.2) is 12.6 Å². The van der Waals surface area contributed by atoms with E-state index in [0.29, 0.717) is 5.92 Å². The summed E-state index contributed by atoms with van der Waals surface area (Å²) in [5.74, 6) is 0.403. The van der Waals surface area contributed by atoms with E-state index < -0.39 is 0 Å². The van der Waals surface area contributed by atoms with Crippen LogP contribution in [0.2, 0.25) is 0 Å². The molecular weight excluding hydrogens is 124 g/mol. The summed E-state index contributed by atoms with van der Waals surface area (Å²) in [4.78, 5) is 0. The Kier molecular flexibility index (Phi) is 3.43. The van der Waals surface area contributed by atoms with Gasteiger partial charge in [0.15, 0.2) is 0 Å². The summed E-state index contributed by atoms with van der Waals surface area (Å²) in [7, 11) is 1.88. The lowest BCUT2D eigenvalue weighted by Crippen LogP contribution is -2.38. The fourth-order valence-electron chi connectivity index (χ4n) is 0.489. The van der Waals surface area contributed by atoms with Crippen molar-refractivity contribution in [3.05, 3.63) is 12.3 Å². The van der Waals surface area contributed by atoms with E-state index in [0.717, 1.165) is 0 Å². The average molecular weight is 142 g/mol. The SMILES string of the molecule is CN/C=C/C(C)C(C)(C)N. The minimum Gasteiger partial charge on any atom is -0.394 e. The van der Waals surface area contributed by atoms with Crippen molar-refractivity contribution in [2.45, 2.75) is 26.3 Å². The molecule has 0 aliphatic rings. The molecule has 0 rings (SSSR count). The molecule has 10 heavy (non-hydrogen) atoms. The highest BCUT2D eigenvalue weighted by Crippen LogP contribution is 2.12. The van der Waals surface area contributed by atoms with Crippen LogP contribution in [0.15, 0.2) is 12.3 Å². The topological polar surface area (TPSA) is 38.0 Å². The van der Waals surface area contributed by atoms with Crippen molar-refractivity contribution in [1.29, 1.82) is 0 Å². The predicted octanol–water partition coefficient (Wildman–Crippen LogP) is 1.09. The van der Waals surface area contributed by atoms with Gasteiger partial charge in [-0.2, -0.15) is 0 Å². The highest BCUT2D eigenvalue weighted by Gasteiger charge is 2.16. The van der Waals surface area contributed by atoms with Crippen LogP contribution in [0, 0.1) is 5.92 Å². The third-order valence-electron chi connectivity index (χ3n) is 1.73. The van der Waals surface area contributed by atoms with E-state index in [1.807, 2.05) is 27.1 Å². The molecule has 0 radical (unpaired) electrons. The van der Waals surface area contributed by atoms with Crippen molar-refractivity contribution in [2.24, 2.45) is 11.7 Å². The Bertz CT molecular complexity index is 111. The molecule has 60 valence electrons. The Balaban J connectivity index is 3.84. The van der Waals surface area contributed by atoms with Gasteiger partial charge in [0.25, 0.3) is 0 Å². The van der Waals surface area contributed by atoms with E-state index in [4.69, 9.17) is 5.73 Å². The Morgan fingerprint density at radius 2 is 2.00 bits per heavy atom. The number of nitrogens with one attached hydrogen (secondary N) is 1. The summed E-state index contributed by atoms with van der Waals surface area (Å²) >= 11 is 0. The second-order valence-electron chi connectivity index (χ2n) is 3.26. The van der Waals surface area contributed by atoms with Crippen LogP contribution in [0.3, 0.4) is 0 Å². The van der Waals surface area contributed by atoms with Gasteiger partial charge in [-0.25, -0.2) is 0 Å². The molecule has 0 saturated heterocycles. The molecule has 1 unspecified atom stereocenters. The van der Waals surface area contributed by atoms with E-state index in [9.17, 15) is 0 Å². The van der Waals surface area contributed by atoms with Crippen molar-refractivity contribution in [1.82, 2.24) is 5.32 Å². The van der Waals surface area contributed by atoms with Crippen molar-refractivity contribution in [2.75, 3.05) is 7.05 Å². The smallest absolute Gasteiger partial charge is 0.0158 e. The quantitative estimate of drug-likeness (QED) is 0.619. The zero-order valence-corrected chi connectivity index (χ0v) is 7.31. The highest BCUT2D eigenvalue weighted by atomic mass is 14.8. The van der Waals surface area contributed by atoms with Crippen LogP contribution in [0.4, 0.5) is 0 Å². The first-order valence-corrected chi connectivity index (χ1v) is 3.61. The van der Waals surface area contributed by atoms with E-state index in [-0.39, 0.29) is 5.54 Å². The number of hydrogen-bond acceptors (Lipinski definition) is 2. The molecule has 2 heteroatoms. The minimum absolute atomic E-state index is 0.118. The van der Waals surface area contributed by atoms with Crippen LogP contribution in [0.25, 0.3) is 0 Å². The maximum Gasteiger partial charge on any atom is 0.0158 e. The van der Waals surface area contributed by atoms with Gasteiger partial charge in [0.1, 0.15) is 0 Å². The zero-order valence-electron chi connectivity index (χ0n) is 7.31. The lowest BCUT2D eigenvalue weighted by atomic mass is 9.90. The van der Waals surface area contributed by atoms with E-state index in [2.05, 4.69) is 18.3 Å². The number of hydrogen-bond donors (Lipinski definition) is 2. The van der Waals surface area contributed by atoms with Gasteiger partial charge in [0.2, 0.25) is 0 Å². The van der Waals surface area contributed by atoms with Gasteiger partial charge in [0.05, 0.1) is 0 Å². The highest BCUT2D eigenvalue weighted by molar-refractivity contribution is 4.94. The number of rotatable bonds is 3. The Labute approximate surface area is 63.5 Å². The van der Waals surface area contributed by atoms with Crippen molar-refractivity contribution < 1.29 is 0 Å². The maximum absolute atomic E-state index is 5.84. The van der Waals surface area contributed by atoms with Gasteiger partial charge < -0.3 is 11.1 Å². The first kappa shape index (κ1) is 9.50. The lowest BCUT2D eigenvalue weighted by Gasteiger charge is -2.23. The first-order valence-electron chi connectivity index (χ1n) is 3.61.